The molecule has 0 saturated heterocycles. The van der Waals surface area contributed by atoms with Gasteiger partial charge in [0.15, 0.2) is 0 Å². The van der Waals surface area contributed by atoms with Crippen LogP contribution in [0.15, 0.2) is 11.6 Å². The Morgan fingerprint density at radius 3 is 3.00 bits per heavy atom. The van der Waals surface area contributed by atoms with E-state index in [1.165, 1.54) is 0 Å². The predicted octanol–water partition coefficient (Wildman–Crippen LogP) is 1.64. The normalized spacial score (nSPS) is 13.1. The molecule has 0 bridgehead atoms. The van der Waals surface area contributed by atoms with Crippen molar-refractivity contribution in [3.63, 3.8) is 0 Å². The van der Waals surface area contributed by atoms with Gasteiger partial charge in [-0.3, -0.25) is 4.90 Å². The molecule has 3 nitrogen and oxygen atoms in total. The maximum Gasteiger partial charge on any atom is 0.107 e. The highest BCUT2D eigenvalue weighted by Crippen LogP contribution is 2.10. The van der Waals surface area contributed by atoms with E-state index < -0.39 is 0 Å². The molecule has 1 rings (SSSR count). The summed E-state index contributed by atoms with van der Waals surface area (Å²) in [6, 6.07) is 0.372. The van der Waals surface area contributed by atoms with E-state index in [0.717, 1.165) is 18.0 Å². The largest absolute Gasteiger partial charge is 0.393 e. The standard InChI is InChI=1S/C9H15N3S2/c1-7(5-8(10)13)12(2)6-9-11-3-4-14-9/h3-4,7H,5-6H2,1-2H3,(H2,10,13). The SMILES string of the molecule is CC(CC(N)=S)N(C)Cc1nccs1. The van der Waals surface area contributed by atoms with E-state index >= 15 is 0 Å². The second-order valence-corrected chi connectivity index (χ2v) is 4.86. The summed E-state index contributed by atoms with van der Waals surface area (Å²) < 4.78 is 0. The molecular formula is C9H15N3S2. The third-order valence-corrected chi connectivity index (χ3v) is 3.05. The van der Waals surface area contributed by atoms with Crippen LogP contribution in [-0.4, -0.2) is 28.0 Å². The molecule has 5 heteroatoms. The van der Waals surface area contributed by atoms with Crippen molar-refractivity contribution in [3.05, 3.63) is 16.6 Å². The minimum Gasteiger partial charge on any atom is -0.393 e. The first-order valence-corrected chi connectivity index (χ1v) is 5.75. The molecule has 0 aliphatic heterocycles. The fourth-order valence-corrected chi connectivity index (χ4v) is 2.07. The van der Waals surface area contributed by atoms with Crippen molar-refractivity contribution in [2.75, 3.05) is 7.05 Å². The lowest BCUT2D eigenvalue weighted by atomic mass is 10.2. The van der Waals surface area contributed by atoms with Crippen molar-refractivity contribution in [2.45, 2.75) is 25.9 Å². The minimum atomic E-state index is 0.372. The number of aromatic nitrogens is 1. The molecule has 14 heavy (non-hydrogen) atoms. The van der Waals surface area contributed by atoms with Gasteiger partial charge < -0.3 is 5.73 Å². The second-order valence-electron chi connectivity index (χ2n) is 3.36. The van der Waals surface area contributed by atoms with Crippen LogP contribution < -0.4 is 5.73 Å². The molecule has 1 atom stereocenters. The van der Waals surface area contributed by atoms with Gasteiger partial charge in [0.2, 0.25) is 0 Å². The highest BCUT2D eigenvalue weighted by Gasteiger charge is 2.11. The van der Waals surface area contributed by atoms with Crippen molar-refractivity contribution >= 4 is 28.5 Å². The third kappa shape index (κ3) is 3.69. The molecule has 0 aromatic carbocycles. The van der Waals surface area contributed by atoms with Gasteiger partial charge >= 0.3 is 0 Å². The molecule has 2 N–H and O–H groups in total. The van der Waals surface area contributed by atoms with E-state index in [0.29, 0.717) is 11.0 Å². The maximum absolute atomic E-state index is 5.50. The first-order valence-electron chi connectivity index (χ1n) is 4.46. The summed E-state index contributed by atoms with van der Waals surface area (Å²) in [4.78, 5) is 7.01. The predicted molar refractivity (Wildman–Crippen MR) is 64.4 cm³/mol. The Balaban J connectivity index is 2.41. The average molecular weight is 229 g/mol. The van der Waals surface area contributed by atoms with Gasteiger partial charge in [-0.05, 0) is 14.0 Å². The van der Waals surface area contributed by atoms with Gasteiger partial charge in [0.25, 0.3) is 0 Å². The molecule has 0 aliphatic rings. The van der Waals surface area contributed by atoms with Crippen molar-refractivity contribution < 1.29 is 0 Å². The van der Waals surface area contributed by atoms with Crippen LogP contribution in [0.1, 0.15) is 18.4 Å². The Kier molecular flexibility index (Phi) is 4.44. The van der Waals surface area contributed by atoms with Crippen LogP contribution in [0, 0.1) is 0 Å². The Hall–Kier alpha value is -0.520. The van der Waals surface area contributed by atoms with Gasteiger partial charge in [0.05, 0.1) is 11.5 Å². The van der Waals surface area contributed by atoms with Crippen LogP contribution in [0.2, 0.25) is 0 Å². The summed E-state index contributed by atoms with van der Waals surface area (Å²) in [6.07, 6.45) is 2.59. The molecule has 1 aromatic rings. The molecule has 1 aromatic heterocycles. The zero-order valence-corrected chi connectivity index (χ0v) is 10.1. The first kappa shape index (κ1) is 11.6. The van der Waals surface area contributed by atoms with E-state index in [2.05, 4.69) is 23.9 Å². The van der Waals surface area contributed by atoms with E-state index in [9.17, 15) is 0 Å². The summed E-state index contributed by atoms with van der Waals surface area (Å²) in [5.41, 5.74) is 5.50. The first-order chi connectivity index (χ1) is 6.59. The second kappa shape index (κ2) is 5.38. The maximum atomic E-state index is 5.50. The van der Waals surface area contributed by atoms with Crippen LogP contribution in [-0.2, 0) is 6.54 Å². The number of rotatable bonds is 5. The summed E-state index contributed by atoms with van der Waals surface area (Å²) in [6.45, 7) is 2.98. The van der Waals surface area contributed by atoms with E-state index in [1.54, 1.807) is 11.3 Å². The Bertz CT molecular complexity index is 284. The number of thiazole rings is 1. The number of thiocarbonyl (C=S) groups is 1. The van der Waals surface area contributed by atoms with Crippen LogP contribution in [0.3, 0.4) is 0 Å². The smallest absolute Gasteiger partial charge is 0.107 e. The molecule has 78 valence electrons. The highest BCUT2D eigenvalue weighted by molar-refractivity contribution is 7.80. The molecular weight excluding hydrogens is 214 g/mol. The van der Waals surface area contributed by atoms with Crippen molar-refractivity contribution in [1.29, 1.82) is 0 Å². The fourth-order valence-electron chi connectivity index (χ4n) is 1.15. The van der Waals surface area contributed by atoms with Gasteiger partial charge in [-0.1, -0.05) is 12.2 Å². The van der Waals surface area contributed by atoms with Crippen molar-refractivity contribution in [3.8, 4) is 0 Å². The molecule has 0 fully saturated rings. The van der Waals surface area contributed by atoms with Gasteiger partial charge in [-0.2, -0.15) is 0 Å². The van der Waals surface area contributed by atoms with Gasteiger partial charge in [-0.25, -0.2) is 4.98 Å². The quantitative estimate of drug-likeness (QED) is 0.779. The van der Waals surface area contributed by atoms with Crippen LogP contribution in [0.25, 0.3) is 0 Å². The molecule has 1 unspecified atom stereocenters. The van der Waals surface area contributed by atoms with Crippen molar-refractivity contribution in [1.82, 2.24) is 9.88 Å². The van der Waals surface area contributed by atoms with Gasteiger partial charge in [0.1, 0.15) is 5.01 Å². The van der Waals surface area contributed by atoms with E-state index in [4.69, 9.17) is 18.0 Å². The molecule has 0 aliphatic carbocycles. The molecule has 0 radical (unpaired) electrons. The number of hydrogen-bond donors (Lipinski definition) is 1. The Morgan fingerprint density at radius 2 is 2.50 bits per heavy atom. The number of nitrogens with two attached hydrogens (primary N) is 1. The van der Waals surface area contributed by atoms with E-state index in [1.807, 2.05) is 11.6 Å². The zero-order chi connectivity index (χ0) is 10.6. The van der Waals surface area contributed by atoms with E-state index in [-0.39, 0.29) is 0 Å². The summed E-state index contributed by atoms with van der Waals surface area (Å²) in [5.74, 6) is 0. The fraction of sp³-hybridized carbons (Fsp3) is 0.556. The highest BCUT2D eigenvalue weighted by atomic mass is 32.1. The number of hydrogen-bond acceptors (Lipinski definition) is 4. The Labute approximate surface area is 93.9 Å². The zero-order valence-electron chi connectivity index (χ0n) is 8.43. The Morgan fingerprint density at radius 1 is 1.79 bits per heavy atom. The molecule has 0 amide bonds. The van der Waals surface area contributed by atoms with Crippen LogP contribution in [0.5, 0.6) is 0 Å². The van der Waals surface area contributed by atoms with Crippen LogP contribution in [0.4, 0.5) is 0 Å². The lowest BCUT2D eigenvalue weighted by Crippen LogP contribution is -2.32. The molecule has 1 heterocycles. The average Bonchev–Trinajstić information content (AvgIpc) is 2.55. The summed E-state index contributed by atoms with van der Waals surface area (Å²) in [7, 11) is 2.06. The lowest BCUT2D eigenvalue weighted by molar-refractivity contribution is 0.255. The van der Waals surface area contributed by atoms with Crippen LogP contribution >= 0.6 is 23.6 Å². The van der Waals surface area contributed by atoms with Gasteiger partial charge in [0, 0.05) is 24.0 Å². The third-order valence-electron chi connectivity index (χ3n) is 2.12. The van der Waals surface area contributed by atoms with Gasteiger partial charge in [-0.15, -0.1) is 11.3 Å². The minimum absolute atomic E-state index is 0.372. The van der Waals surface area contributed by atoms with Crippen molar-refractivity contribution in [2.24, 2.45) is 5.73 Å². The molecule has 0 saturated carbocycles. The topological polar surface area (TPSA) is 42.1 Å². The monoisotopic (exact) mass is 229 g/mol. The molecule has 0 spiro atoms. The number of nitrogens with zero attached hydrogens (tertiary/aromatic N) is 2. The lowest BCUT2D eigenvalue weighted by Gasteiger charge is -2.22. The summed E-state index contributed by atoms with van der Waals surface area (Å²) >= 11 is 6.55. The summed E-state index contributed by atoms with van der Waals surface area (Å²) in [5, 5.41) is 3.11.